The van der Waals surface area contributed by atoms with Crippen LogP contribution in [-0.4, -0.2) is 29.1 Å². The fourth-order valence-electron chi connectivity index (χ4n) is 4.05. The molecular weight excluding hydrogens is 260 g/mol. The van der Waals surface area contributed by atoms with Crippen LogP contribution in [0.25, 0.3) is 0 Å². The zero-order chi connectivity index (χ0) is 15.6. The predicted molar refractivity (Wildman–Crippen MR) is 87.9 cm³/mol. The second-order valence-corrected chi connectivity index (χ2v) is 7.75. The van der Waals surface area contributed by atoms with Gasteiger partial charge >= 0.3 is 0 Å². The molecule has 2 rings (SSSR count). The first-order chi connectivity index (χ1) is 9.95. The van der Waals surface area contributed by atoms with E-state index in [1.54, 1.807) is 0 Å². The Hall–Kier alpha value is -0.570. The molecule has 1 N–H and O–H groups in total. The van der Waals surface area contributed by atoms with Crippen molar-refractivity contribution >= 4 is 5.91 Å². The number of rotatable bonds is 5. The minimum Gasteiger partial charge on any atom is -0.323 e. The number of nitrogens with zero attached hydrogens (tertiary/aromatic N) is 1. The molecule has 0 aromatic rings. The van der Waals surface area contributed by atoms with E-state index in [2.05, 4.69) is 44.8 Å². The number of hydrogen-bond donors (Lipinski definition) is 1. The van der Waals surface area contributed by atoms with Crippen molar-refractivity contribution < 1.29 is 4.79 Å². The average Bonchev–Trinajstić information content (AvgIpc) is 2.75. The van der Waals surface area contributed by atoms with Crippen LogP contribution in [0.4, 0.5) is 0 Å². The Balaban J connectivity index is 2.18. The van der Waals surface area contributed by atoms with E-state index in [9.17, 15) is 4.79 Å². The van der Waals surface area contributed by atoms with Crippen molar-refractivity contribution in [3.05, 3.63) is 0 Å². The lowest BCUT2D eigenvalue weighted by atomic mass is 9.84. The Labute approximate surface area is 130 Å². The number of amides is 1. The summed E-state index contributed by atoms with van der Waals surface area (Å²) in [5.74, 6) is 2.06. The van der Waals surface area contributed by atoms with E-state index in [0.717, 1.165) is 12.8 Å². The predicted octanol–water partition coefficient (Wildman–Crippen LogP) is 3.78. The quantitative estimate of drug-likeness (QED) is 0.837. The van der Waals surface area contributed by atoms with Gasteiger partial charge in [0.25, 0.3) is 0 Å². The van der Waals surface area contributed by atoms with Crippen LogP contribution in [0.3, 0.4) is 0 Å². The third kappa shape index (κ3) is 3.61. The molecule has 3 heteroatoms. The van der Waals surface area contributed by atoms with Crippen molar-refractivity contribution in [3.8, 4) is 0 Å². The van der Waals surface area contributed by atoms with E-state index in [0.29, 0.717) is 29.7 Å². The van der Waals surface area contributed by atoms with Crippen molar-refractivity contribution in [2.45, 2.75) is 91.4 Å². The smallest absolute Gasteiger partial charge is 0.241 e. The van der Waals surface area contributed by atoms with Crippen molar-refractivity contribution in [1.82, 2.24) is 10.2 Å². The van der Waals surface area contributed by atoms with Gasteiger partial charge < -0.3 is 4.90 Å². The molecule has 3 nitrogen and oxygen atoms in total. The fraction of sp³-hybridized carbons (Fsp3) is 0.944. The van der Waals surface area contributed by atoms with Gasteiger partial charge in [0, 0.05) is 6.04 Å². The van der Waals surface area contributed by atoms with Gasteiger partial charge in [-0.05, 0) is 37.0 Å². The lowest BCUT2D eigenvalue weighted by Crippen LogP contribution is -2.49. The van der Waals surface area contributed by atoms with Crippen LogP contribution in [0.15, 0.2) is 0 Å². The number of hydrogen-bond acceptors (Lipinski definition) is 2. The summed E-state index contributed by atoms with van der Waals surface area (Å²) >= 11 is 0. The second-order valence-electron chi connectivity index (χ2n) is 7.75. The summed E-state index contributed by atoms with van der Waals surface area (Å²) in [6, 6.07) is 0.490. The normalized spacial score (nSPS) is 35.5. The van der Waals surface area contributed by atoms with Gasteiger partial charge in [0.2, 0.25) is 5.91 Å². The Morgan fingerprint density at radius 3 is 2.48 bits per heavy atom. The zero-order valence-corrected chi connectivity index (χ0v) is 14.6. The largest absolute Gasteiger partial charge is 0.323 e. The van der Waals surface area contributed by atoms with E-state index in [1.165, 1.54) is 25.7 Å². The molecule has 1 heterocycles. The van der Waals surface area contributed by atoms with Gasteiger partial charge in [-0.1, -0.05) is 53.9 Å². The maximum Gasteiger partial charge on any atom is 0.241 e. The van der Waals surface area contributed by atoms with Gasteiger partial charge in [-0.2, -0.15) is 0 Å². The molecule has 0 aromatic heterocycles. The summed E-state index contributed by atoms with van der Waals surface area (Å²) in [6.07, 6.45) is 7.46. The summed E-state index contributed by atoms with van der Waals surface area (Å²) in [7, 11) is 0. The highest BCUT2D eigenvalue weighted by Gasteiger charge is 2.45. The van der Waals surface area contributed by atoms with Crippen molar-refractivity contribution in [2.75, 3.05) is 0 Å². The molecule has 1 aliphatic carbocycles. The summed E-state index contributed by atoms with van der Waals surface area (Å²) in [4.78, 5) is 15.3. The first kappa shape index (κ1) is 16.8. The molecule has 1 saturated carbocycles. The van der Waals surface area contributed by atoms with Gasteiger partial charge in [0.05, 0.1) is 12.2 Å². The number of nitrogens with one attached hydrogen (secondary N) is 1. The molecule has 0 bridgehead atoms. The van der Waals surface area contributed by atoms with Crippen molar-refractivity contribution in [3.63, 3.8) is 0 Å². The Morgan fingerprint density at radius 1 is 1.24 bits per heavy atom. The Bertz CT molecular complexity index is 355. The van der Waals surface area contributed by atoms with Crippen molar-refractivity contribution in [1.29, 1.82) is 0 Å². The molecule has 2 aliphatic rings. The summed E-state index contributed by atoms with van der Waals surface area (Å²) < 4.78 is 0. The van der Waals surface area contributed by atoms with E-state index < -0.39 is 0 Å². The SMILES string of the molecule is CCC(C)C1NC(CC(C)C)N(C2CCCCC2C)C1=O. The molecule has 0 aromatic carbocycles. The van der Waals surface area contributed by atoms with Crippen LogP contribution in [-0.2, 0) is 4.79 Å². The summed E-state index contributed by atoms with van der Waals surface area (Å²) in [5.41, 5.74) is 0. The van der Waals surface area contributed by atoms with Crippen LogP contribution < -0.4 is 5.32 Å². The highest BCUT2D eigenvalue weighted by Crippen LogP contribution is 2.34. The molecule has 0 radical (unpaired) electrons. The van der Waals surface area contributed by atoms with Gasteiger partial charge in [0.1, 0.15) is 0 Å². The van der Waals surface area contributed by atoms with Gasteiger partial charge in [-0.3, -0.25) is 10.1 Å². The zero-order valence-electron chi connectivity index (χ0n) is 14.6. The molecule has 0 spiro atoms. The second kappa shape index (κ2) is 7.13. The lowest BCUT2D eigenvalue weighted by Gasteiger charge is -2.39. The van der Waals surface area contributed by atoms with Gasteiger partial charge in [-0.25, -0.2) is 0 Å². The number of carbonyl (C=O) groups excluding carboxylic acids is 1. The monoisotopic (exact) mass is 294 g/mol. The Morgan fingerprint density at radius 2 is 1.90 bits per heavy atom. The third-order valence-corrected chi connectivity index (χ3v) is 5.56. The summed E-state index contributed by atoms with van der Waals surface area (Å²) in [5, 5.41) is 3.67. The van der Waals surface area contributed by atoms with Crippen LogP contribution >= 0.6 is 0 Å². The maximum atomic E-state index is 13.0. The maximum absolute atomic E-state index is 13.0. The van der Waals surface area contributed by atoms with Gasteiger partial charge in [-0.15, -0.1) is 0 Å². The Kier molecular flexibility index (Phi) is 5.70. The van der Waals surface area contributed by atoms with E-state index in [4.69, 9.17) is 0 Å². The first-order valence-corrected chi connectivity index (χ1v) is 9.03. The summed E-state index contributed by atoms with van der Waals surface area (Å²) in [6.45, 7) is 11.2. The van der Waals surface area contributed by atoms with Gasteiger partial charge in [0.15, 0.2) is 0 Å². The third-order valence-electron chi connectivity index (χ3n) is 5.56. The van der Waals surface area contributed by atoms with Crippen molar-refractivity contribution in [2.24, 2.45) is 17.8 Å². The molecule has 1 amide bonds. The van der Waals surface area contributed by atoms with Crippen LogP contribution in [0.1, 0.15) is 73.1 Å². The standard InChI is InChI=1S/C18H34N2O/c1-6-13(4)17-18(21)20(16(19-17)11-12(2)3)15-10-8-7-9-14(15)5/h12-17,19H,6-11H2,1-5H3. The van der Waals surface area contributed by atoms with E-state index in [-0.39, 0.29) is 12.2 Å². The minimum atomic E-state index is 0.0351. The fourth-order valence-corrected chi connectivity index (χ4v) is 4.05. The van der Waals surface area contributed by atoms with Crippen LogP contribution in [0.2, 0.25) is 0 Å². The average molecular weight is 294 g/mol. The molecular formula is C18H34N2O. The molecule has 122 valence electrons. The number of carbonyl (C=O) groups is 1. The molecule has 1 aliphatic heterocycles. The molecule has 5 atom stereocenters. The minimum absolute atomic E-state index is 0.0351. The van der Waals surface area contributed by atoms with E-state index in [1.807, 2.05) is 0 Å². The van der Waals surface area contributed by atoms with E-state index >= 15 is 0 Å². The molecule has 1 saturated heterocycles. The topological polar surface area (TPSA) is 32.3 Å². The first-order valence-electron chi connectivity index (χ1n) is 9.03. The highest BCUT2D eigenvalue weighted by molar-refractivity contribution is 5.85. The lowest BCUT2D eigenvalue weighted by molar-refractivity contribution is -0.135. The van der Waals surface area contributed by atoms with Crippen LogP contribution in [0, 0.1) is 17.8 Å². The van der Waals surface area contributed by atoms with Crippen LogP contribution in [0.5, 0.6) is 0 Å². The highest BCUT2D eigenvalue weighted by atomic mass is 16.2. The molecule has 2 fully saturated rings. The molecule has 5 unspecified atom stereocenters. The molecule has 21 heavy (non-hydrogen) atoms.